The van der Waals surface area contributed by atoms with Crippen LogP contribution in [0.5, 0.6) is 5.75 Å². The predicted octanol–water partition coefficient (Wildman–Crippen LogP) is 6.33. The fourth-order valence-corrected chi connectivity index (χ4v) is 3.30. The van der Waals surface area contributed by atoms with Crippen LogP contribution in [-0.4, -0.2) is 12.4 Å². The maximum atomic E-state index is 13.2. The second-order valence-electron chi connectivity index (χ2n) is 6.57. The minimum absolute atomic E-state index is 0.178. The molecular weight excluding hydrogens is 386 g/mol. The van der Waals surface area contributed by atoms with Crippen LogP contribution >= 0.6 is 11.6 Å². The Labute approximate surface area is 174 Å². The topological polar surface area (TPSA) is 51.5 Å². The van der Waals surface area contributed by atoms with Crippen LogP contribution in [-0.2, 0) is 6.54 Å². The van der Waals surface area contributed by atoms with Crippen molar-refractivity contribution in [1.29, 1.82) is 0 Å². The first-order valence-electron chi connectivity index (χ1n) is 9.43. The van der Waals surface area contributed by atoms with Crippen molar-refractivity contribution in [1.82, 2.24) is 0 Å². The monoisotopic (exact) mass is 405 g/mol. The third kappa shape index (κ3) is 4.13. The Hall–Kier alpha value is -3.24. The summed E-state index contributed by atoms with van der Waals surface area (Å²) < 4.78 is 11.4. The van der Waals surface area contributed by atoms with Crippen LogP contribution in [0.2, 0.25) is 5.02 Å². The second-order valence-corrected chi connectivity index (χ2v) is 7.01. The van der Waals surface area contributed by atoms with Crippen molar-refractivity contribution in [3.63, 3.8) is 0 Å². The minimum Gasteiger partial charge on any atom is -0.494 e. The fourth-order valence-electron chi connectivity index (χ4n) is 3.17. The Bertz CT molecular complexity index is 1130. The molecule has 0 aliphatic rings. The van der Waals surface area contributed by atoms with Gasteiger partial charge in [0, 0.05) is 22.5 Å². The summed E-state index contributed by atoms with van der Waals surface area (Å²) in [4.78, 5) is 13.2. The van der Waals surface area contributed by atoms with Gasteiger partial charge in [0.2, 0.25) is 5.78 Å². The van der Waals surface area contributed by atoms with Gasteiger partial charge in [0.15, 0.2) is 5.76 Å². The number of furan rings is 1. The standard InChI is InChI=1S/C24H20ClNO3/c1-2-28-19-13-9-17(10-14-19)23(27)24-22(20-5-3-4-6-21(20)29-24)26-15-16-7-11-18(25)12-8-16/h3-14,26H,2,15H2,1H3. The third-order valence-electron chi connectivity index (χ3n) is 4.61. The highest BCUT2D eigenvalue weighted by Crippen LogP contribution is 2.33. The van der Waals surface area contributed by atoms with Crippen LogP contribution in [0.15, 0.2) is 77.2 Å². The largest absolute Gasteiger partial charge is 0.494 e. The lowest BCUT2D eigenvalue weighted by Crippen LogP contribution is -2.06. The third-order valence-corrected chi connectivity index (χ3v) is 4.86. The highest BCUT2D eigenvalue weighted by Gasteiger charge is 2.22. The Balaban J connectivity index is 1.66. The summed E-state index contributed by atoms with van der Waals surface area (Å²) in [7, 11) is 0. The van der Waals surface area contributed by atoms with Crippen LogP contribution < -0.4 is 10.1 Å². The molecule has 0 saturated carbocycles. The molecule has 0 bridgehead atoms. The molecular formula is C24H20ClNO3. The molecule has 1 heterocycles. The molecule has 0 radical (unpaired) electrons. The maximum absolute atomic E-state index is 13.2. The Morgan fingerprint density at radius 2 is 1.72 bits per heavy atom. The predicted molar refractivity (Wildman–Crippen MR) is 116 cm³/mol. The lowest BCUT2D eigenvalue weighted by atomic mass is 10.1. The summed E-state index contributed by atoms with van der Waals surface area (Å²) in [5, 5.41) is 4.93. The number of nitrogens with one attached hydrogen (secondary N) is 1. The first-order chi connectivity index (χ1) is 14.2. The van der Waals surface area contributed by atoms with Gasteiger partial charge in [-0.2, -0.15) is 0 Å². The molecule has 0 spiro atoms. The van der Waals surface area contributed by atoms with Crippen LogP contribution in [0, 0.1) is 0 Å². The Morgan fingerprint density at radius 3 is 2.45 bits per heavy atom. The molecule has 5 heteroatoms. The van der Waals surface area contributed by atoms with Gasteiger partial charge in [-0.05, 0) is 61.0 Å². The van der Waals surface area contributed by atoms with E-state index in [2.05, 4.69) is 5.32 Å². The van der Waals surface area contributed by atoms with E-state index in [1.165, 1.54) is 0 Å². The number of halogens is 1. The highest BCUT2D eigenvalue weighted by atomic mass is 35.5. The van der Waals surface area contributed by atoms with E-state index in [1.807, 2.05) is 55.5 Å². The van der Waals surface area contributed by atoms with Gasteiger partial charge in [-0.3, -0.25) is 4.79 Å². The number of hydrogen-bond acceptors (Lipinski definition) is 4. The van der Waals surface area contributed by atoms with E-state index in [-0.39, 0.29) is 5.78 Å². The molecule has 4 nitrogen and oxygen atoms in total. The molecule has 0 fully saturated rings. The molecule has 0 atom stereocenters. The number of hydrogen-bond donors (Lipinski definition) is 1. The average Bonchev–Trinajstić information content (AvgIpc) is 3.12. The first-order valence-corrected chi connectivity index (χ1v) is 9.81. The van der Waals surface area contributed by atoms with Crippen molar-refractivity contribution in [2.75, 3.05) is 11.9 Å². The van der Waals surface area contributed by atoms with Gasteiger partial charge in [-0.1, -0.05) is 35.9 Å². The van der Waals surface area contributed by atoms with E-state index in [1.54, 1.807) is 24.3 Å². The maximum Gasteiger partial charge on any atom is 0.230 e. The van der Waals surface area contributed by atoms with Crippen molar-refractivity contribution < 1.29 is 13.9 Å². The molecule has 0 aliphatic carbocycles. The number of rotatable bonds is 7. The smallest absolute Gasteiger partial charge is 0.230 e. The normalized spacial score (nSPS) is 10.8. The highest BCUT2D eigenvalue weighted by molar-refractivity contribution is 6.30. The lowest BCUT2D eigenvalue weighted by molar-refractivity contribution is 0.101. The van der Waals surface area contributed by atoms with Gasteiger partial charge in [-0.25, -0.2) is 0 Å². The van der Waals surface area contributed by atoms with E-state index in [9.17, 15) is 4.79 Å². The fraction of sp³-hybridized carbons (Fsp3) is 0.125. The van der Waals surface area contributed by atoms with Gasteiger partial charge >= 0.3 is 0 Å². The number of anilines is 1. The number of fused-ring (bicyclic) bond motifs is 1. The summed E-state index contributed by atoms with van der Waals surface area (Å²) >= 11 is 5.97. The SMILES string of the molecule is CCOc1ccc(C(=O)c2oc3ccccc3c2NCc2ccc(Cl)cc2)cc1. The number of carbonyl (C=O) groups excluding carboxylic acids is 1. The van der Waals surface area contributed by atoms with Gasteiger partial charge in [0.1, 0.15) is 11.3 Å². The van der Waals surface area contributed by atoms with Crippen LogP contribution in [0.3, 0.4) is 0 Å². The van der Waals surface area contributed by atoms with Crippen molar-refractivity contribution in [3.8, 4) is 5.75 Å². The minimum atomic E-state index is -0.178. The van der Waals surface area contributed by atoms with E-state index in [0.717, 1.165) is 16.7 Å². The molecule has 0 amide bonds. The van der Waals surface area contributed by atoms with Crippen molar-refractivity contribution in [3.05, 3.63) is 94.7 Å². The Kier molecular flexibility index (Phi) is 5.54. The summed E-state index contributed by atoms with van der Waals surface area (Å²) in [6.07, 6.45) is 0. The number of para-hydroxylation sites is 1. The molecule has 1 N–H and O–H groups in total. The molecule has 0 aliphatic heterocycles. The molecule has 0 unspecified atom stereocenters. The number of ether oxygens (including phenoxy) is 1. The lowest BCUT2D eigenvalue weighted by Gasteiger charge is -2.08. The van der Waals surface area contributed by atoms with Gasteiger partial charge in [0.05, 0.1) is 12.3 Å². The van der Waals surface area contributed by atoms with Crippen LogP contribution in [0.4, 0.5) is 5.69 Å². The van der Waals surface area contributed by atoms with Gasteiger partial charge in [0.25, 0.3) is 0 Å². The zero-order valence-corrected chi connectivity index (χ0v) is 16.7. The summed E-state index contributed by atoms with van der Waals surface area (Å²) in [5.74, 6) is 0.849. The molecule has 146 valence electrons. The zero-order valence-electron chi connectivity index (χ0n) is 15.9. The molecule has 4 rings (SSSR count). The second kappa shape index (κ2) is 8.41. The molecule has 3 aromatic carbocycles. The molecule has 4 aromatic rings. The quantitative estimate of drug-likeness (QED) is 0.365. The van der Waals surface area contributed by atoms with E-state index in [0.29, 0.717) is 40.8 Å². The Morgan fingerprint density at radius 1 is 1.00 bits per heavy atom. The van der Waals surface area contributed by atoms with Gasteiger partial charge < -0.3 is 14.5 Å². The summed E-state index contributed by atoms with van der Waals surface area (Å²) in [6.45, 7) is 3.05. The van der Waals surface area contributed by atoms with E-state index in [4.69, 9.17) is 20.8 Å². The van der Waals surface area contributed by atoms with Crippen molar-refractivity contribution in [2.45, 2.75) is 13.5 Å². The first kappa shape index (κ1) is 19.1. The van der Waals surface area contributed by atoms with E-state index >= 15 is 0 Å². The van der Waals surface area contributed by atoms with Crippen LogP contribution in [0.1, 0.15) is 28.6 Å². The number of benzene rings is 3. The number of carbonyl (C=O) groups is 1. The molecule has 29 heavy (non-hydrogen) atoms. The van der Waals surface area contributed by atoms with E-state index < -0.39 is 0 Å². The average molecular weight is 406 g/mol. The summed E-state index contributed by atoms with van der Waals surface area (Å²) in [5.41, 5.74) is 2.95. The molecule has 1 aromatic heterocycles. The number of ketones is 1. The van der Waals surface area contributed by atoms with Crippen molar-refractivity contribution >= 4 is 34.0 Å². The van der Waals surface area contributed by atoms with Crippen LogP contribution in [0.25, 0.3) is 11.0 Å². The van der Waals surface area contributed by atoms with Gasteiger partial charge in [-0.15, -0.1) is 0 Å². The molecule has 0 saturated heterocycles. The zero-order chi connectivity index (χ0) is 20.2. The summed E-state index contributed by atoms with van der Waals surface area (Å²) in [6, 6.07) is 22.3. The van der Waals surface area contributed by atoms with Crippen molar-refractivity contribution in [2.24, 2.45) is 0 Å².